The summed E-state index contributed by atoms with van der Waals surface area (Å²) < 4.78 is 11.8. The summed E-state index contributed by atoms with van der Waals surface area (Å²) in [5.74, 6) is 1.72. The minimum atomic E-state index is 0.0277. The van der Waals surface area contributed by atoms with Crippen molar-refractivity contribution in [1.82, 2.24) is 10.1 Å². The predicted molar refractivity (Wildman–Crippen MR) is 117 cm³/mol. The number of hydrogen-bond acceptors (Lipinski definition) is 5. The Morgan fingerprint density at radius 1 is 1.28 bits per heavy atom. The highest BCUT2D eigenvalue weighted by atomic mass is 16.5. The Kier molecular flexibility index (Phi) is 7.29. The van der Waals surface area contributed by atoms with Gasteiger partial charge in [-0.05, 0) is 50.1 Å². The summed E-state index contributed by atoms with van der Waals surface area (Å²) in [6.45, 7) is 11.4. The lowest BCUT2D eigenvalue weighted by Crippen LogP contribution is -2.53. The SMILES string of the molecule is CC=C(CC)c1noc(CC(C)=CCO)c1-c1ccc(OC2CN(CC)C2)cc1. The van der Waals surface area contributed by atoms with Crippen molar-refractivity contribution in [3.8, 4) is 16.9 Å². The van der Waals surface area contributed by atoms with Crippen molar-refractivity contribution in [1.29, 1.82) is 0 Å². The molecule has 3 rings (SSSR count). The maximum atomic E-state index is 9.18. The van der Waals surface area contributed by atoms with Gasteiger partial charge >= 0.3 is 0 Å². The molecule has 156 valence electrons. The summed E-state index contributed by atoms with van der Waals surface area (Å²) in [5.41, 5.74) is 5.21. The number of aromatic nitrogens is 1. The summed E-state index contributed by atoms with van der Waals surface area (Å²) in [5, 5.41) is 13.6. The lowest BCUT2D eigenvalue weighted by molar-refractivity contribution is 0.0238. The highest BCUT2D eigenvalue weighted by Gasteiger charge is 2.27. The Morgan fingerprint density at radius 2 is 2.00 bits per heavy atom. The van der Waals surface area contributed by atoms with Crippen LogP contribution in [0.25, 0.3) is 16.7 Å². The summed E-state index contributed by atoms with van der Waals surface area (Å²) in [6, 6.07) is 8.22. The van der Waals surface area contributed by atoms with E-state index in [1.165, 1.54) is 0 Å². The third kappa shape index (κ3) is 4.98. The fraction of sp³-hybridized carbons (Fsp3) is 0.458. The average Bonchev–Trinajstić information content (AvgIpc) is 3.09. The van der Waals surface area contributed by atoms with E-state index in [0.29, 0.717) is 6.42 Å². The molecule has 1 saturated heterocycles. The molecule has 0 radical (unpaired) electrons. The van der Waals surface area contributed by atoms with Crippen molar-refractivity contribution in [3.05, 3.63) is 53.4 Å². The summed E-state index contributed by atoms with van der Waals surface area (Å²) >= 11 is 0. The van der Waals surface area contributed by atoms with Crippen LogP contribution in [-0.4, -0.2) is 47.5 Å². The Hall–Kier alpha value is -2.37. The minimum Gasteiger partial charge on any atom is -0.488 e. The molecule has 1 N–H and O–H groups in total. The molecule has 1 aromatic heterocycles. The smallest absolute Gasteiger partial charge is 0.149 e. The van der Waals surface area contributed by atoms with Gasteiger partial charge in [-0.3, -0.25) is 4.90 Å². The molecule has 0 saturated carbocycles. The zero-order valence-electron chi connectivity index (χ0n) is 17.9. The molecule has 1 aliphatic heterocycles. The zero-order chi connectivity index (χ0) is 20.8. The van der Waals surface area contributed by atoms with Crippen molar-refractivity contribution in [2.75, 3.05) is 26.2 Å². The van der Waals surface area contributed by atoms with Crippen LogP contribution >= 0.6 is 0 Å². The van der Waals surface area contributed by atoms with Crippen LogP contribution in [0, 0.1) is 0 Å². The highest BCUT2D eigenvalue weighted by Crippen LogP contribution is 2.35. The number of benzene rings is 1. The van der Waals surface area contributed by atoms with E-state index in [4.69, 9.17) is 9.26 Å². The van der Waals surface area contributed by atoms with Crippen LogP contribution in [0.4, 0.5) is 0 Å². The first kappa shape index (κ1) is 21.3. The van der Waals surface area contributed by atoms with Gasteiger partial charge in [-0.15, -0.1) is 0 Å². The Balaban J connectivity index is 1.87. The molecule has 0 amide bonds. The first-order valence-corrected chi connectivity index (χ1v) is 10.5. The number of likely N-dealkylation sites (tertiary alicyclic amines) is 1. The number of aliphatic hydroxyl groups is 1. The van der Waals surface area contributed by atoms with E-state index >= 15 is 0 Å². The Labute approximate surface area is 173 Å². The third-order valence-corrected chi connectivity index (χ3v) is 5.49. The maximum absolute atomic E-state index is 9.18. The summed E-state index contributed by atoms with van der Waals surface area (Å²) in [6.07, 6.45) is 5.68. The van der Waals surface area contributed by atoms with Crippen molar-refractivity contribution in [3.63, 3.8) is 0 Å². The van der Waals surface area contributed by atoms with Gasteiger partial charge in [0, 0.05) is 19.5 Å². The van der Waals surface area contributed by atoms with Crippen LogP contribution < -0.4 is 4.74 Å². The molecule has 0 unspecified atom stereocenters. The van der Waals surface area contributed by atoms with E-state index in [-0.39, 0.29) is 12.7 Å². The van der Waals surface area contributed by atoms with Gasteiger partial charge in [0.05, 0.1) is 12.2 Å². The van der Waals surface area contributed by atoms with E-state index in [2.05, 4.69) is 42.1 Å². The van der Waals surface area contributed by atoms with Crippen LogP contribution in [0.5, 0.6) is 5.75 Å². The molecule has 0 atom stereocenters. The number of allylic oxidation sites excluding steroid dienone is 3. The molecule has 0 spiro atoms. The molecule has 0 aliphatic carbocycles. The van der Waals surface area contributed by atoms with Crippen molar-refractivity contribution < 1.29 is 14.4 Å². The van der Waals surface area contributed by atoms with Gasteiger partial charge in [-0.25, -0.2) is 0 Å². The third-order valence-electron chi connectivity index (χ3n) is 5.49. The van der Waals surface area contributed by atoms with E-state index in [9.17, 15) is 5.11 Å². The van der Waals surface area contributed by atoms with E-state index in [1.807, 2.05) is 26.0 Å². The molecule has 5 nitrogen and oxygen atoms in total. The van der Waals surface area contributed by atoms with E-state index in [0.717, 1.165) is 65.5 Å². The van der Waals surface area contributed by atoms with Gasteiger partial charge in [0.25, 0.3) is 0 Å². The Morgan fingerprint density at radius 3 is 2.59 bits per heavy atom. The molecular formula is C24H32N2O3. The number of ether oxygens (including phenoxy) is 1. The van der Waals surface area contributed by atoms with Gasteiger partial charge in [0.1, 0.15) is 23.3 Å². The van der Waals surface area contributed by atoms with Crippen molar-refractivity contribution in [2.24, 2.45) is 0 Å². The number of likely N-dealkylation sites (N-methyl/N-ethyl adjacent to an activating group) is 1. The number of nitrogens with zero attached hydrogens (tertiary/aromatic N) is 2. The first-order chi connectivity index (χ1) is 14.1. The number of rotatable bonds is 9. The van der Waals surface area contributed by atoms with Crippen LogP contribution in [0.2, 0.25) is 0 Å². The number of aliphatic hydroxyl groups excluding tert-OH is 1. The minimum absolute atomic E-state index is 0.0277. The topological polar surface area (TPSA) is 58.7 Å². The molecule has 29 heavy (non-hydrogen) atoms. The molecule has 2 heterocycles. The van der Waals surface area contributed by atoms with Crippen molar-refractivity contribution in [2.45, 2.75) is 46.6 Å². The van der Waals surface area contributed by atoms with Crippen LogP contribution in [0.1, 0.15) is 45.6 Å². The molecular weight excluding hydrogens is 364 g/mol. The lowest BCUT2D eigenvalue weighted by atomic mass is 9.95. The zero-order valence-corrected chi connectivity index (χ0v) is 17.9. The Bertz CT molecular complexity index is 859. The molecule has 5 heteroatoms. The quantitative estimate of drug-likeness (QED) is 0.622. The van der Waals surface area contributed by atoms with E-state index in [1.54, 1.807) is 6.08 Å². The average molecular weight is 397 g/mol. The highest BCUT2D eigenvalue weighted by molar-refractivity contribution is 5.80. The first-order valence-electron chi connectivity index (χ1n) is 10.5. The second-order valence-electron chi connectivity index (χ2n) is 7.52. The van der Waals surface area contributed by atoms with Gasteiger partial charge in [0.2, 0.25) is 0 Å². The fourth-order valence-electron chi connectivity index (χ4n) is 3.70. The lowest BCUT2D eigenvalue weighted by Gasteiger charge is -2.38. The fourth-order valence-corrected chi connectivity index (χ4v) is 3.70. The second kappa shape index (κ2) is 9.90. The standard InChI is InChI=1S/C24H32N2O3/c1-5-18(6-2)24-23(22(29-25-24)14-17(4)12-13-27)19-8-10-20(11-9-19)28-21-15-26(7-3)16-21/h5,8-12,21,27H,6-7,13-16H2,1-4H3. The van der Waals surface area contributed by atoms with Crippen LogP contribution in [0.3, 0.4) is 0 Å². The van der Waals surface area contributed by atoms with Gasteiger partial charge < -0.3 is 14.4 Å². The van der Waals surface area contributed by atoms with Crippen molar-refractivity contribution >= 4 is 5.57 Å². The summed E-state index contributed by atoms with van der Waals surface area (Å²) in [7, 11) is 0. The van der Waals surface area contributed by atoms with Crippen LogP contribution in [-0.2, 0) is 6.42 Å². The normalized spacial score (nSPS) is 16.2. The van der Waals surface area contributed by atoms with Gasteiger partial charge in [0.15, 0.2) is 0 Å². The molecule has 1 fully saturated rings. The predicted octanol–water partition coefficient (Wildman–Crippen LogP) is 4.72. The molecule has 0 bridgehead atoms. The molecule has 1 aliphatic rings. The summed E-state index contributed by atoms with van der Waals surface area (Å²) in [4.78, 5) is 2.36. The molecule has 1 aromatic carbocycles. The second-order valence-corrected chi connectivity index (χ2v) is 7.52. The van der Waals surface area contributed by atoms with Gasteiger partial charge in [-0.2, -0.15) is 0 Å². The van der Waals surface area contributed by atoms with E-state index < -0.39 is 0 Å². The monoisotopic (exact) mass is 396 g/mol. The largest absolute Gasteiger partial charge is 0.488 e. The molecule has 2 aromatic rings. The van der Waals surface area contributed by atoms with Crippen LogP contribution in [0.15, 0.2) is 46.5 Å². The maximum Gasteiger partial charge on any atom is 0.149 e. The number of hydrogen-bond donors (Lipinski definition) is 1. The van der Waals surface area contributed by atoms with Gasteiger partial charge in [-0.1, -0.05) is 48.9 Å².